The fourth-order valence-electron chi connectivity index (χ4n) is 2.88. The van der Waals surface area contributed by atoms with Gasteiger partial charge in [0.25, 0.3) is 0 Å². The van der Waals surface area contributed by atoms with Crippen molar-refractivity contribution in [2.24, 2.45) is 0 Å². The topological polar surface area (TPSA) is 0 Å². The van der Waals surface area contributed by atoms with Gasteiger partial charge in [0.05, 0.1) is 10.8 Å². The number of hydrogen-bond acceptors (Lipinski definition) is 2. The van der Waals surface area contributed by atoms with E-state index in [-0.39, 0.29) is 12.8 Å². The zero-order valence-electron chi connectivity index (χ0n) is 19.0. The van der Waals surface area contributed by atoms with Crippen molar-refractivity contribution < 1.29 is 38.9 Å². The average molecular weight is 595 g/mol. The van der Waals surface area contributed by atoms with Gasteiger partial charge in [0.2, 0.25) is 0 Å². The van der Waals surface area contributed by atoms with Crippen LogP contribution >= 0.6 is 42.0 Å². The Kier molecular flexibility index (Phi) is 12.7. The van der Waals surface area contributed by atoms with Crippen molar-refractivity contribution >= 4 is 42.0 Å². The quantitative estimate of drug-likeness (QED) is 0.0736. The van der Waals surface area contributed by atoms with Gasteiger partial charge in [0, 0.05) is 11.5 Å². The van der Waals surface area contributed by atoms with Gasteiger partial charge in [-0.2, -0.15) is 0 Å². The van der Waals surface area contributed by atoms with Crippen LogP contribution in [0.15, 0.2) is 23.0 Å². The van der Waals surface area contributed by atoms with Crippen LogP contribution in [0.2, 0.25) is 0 Å². The Morgan fingerprint density at radius 2 is 0.647 bits per heavy atom. The zero-order chi connectivity index (χ0) is 26.4. The molecule has 0 atom stereocenters. The second-order valence-electron chi connectivity index (χ2n) is 8.26. The lowest BCUT2D eigenvalue weighted by Gasteiger charge is -2.36. The van der Waals surface area contributed by atoms with Crippen molar-refractivity contribution in [2.75, 3.05) is 11.5 Å². The van der Waals surface area contributed by atoms with Crippen LogP contribution in [0.3, 0.4) is 0 Å². The van der Waals surface area contributed by atoms with E-state index in [1.165, 1.54) is 0 Å². The average Bonchev–Trinajstić information content (AvgIpc) is 2.62. The second-order valence-corrected chi connectivity index (χ2v) is 15.6. The molecule has 0 nitrogen and oxygen atoms in total. The molecule has 34 heavy (non-hydrogen) atoms. The first-order valence-corrected chi connectivity index (χ1v) is 17.8. The minimum atomic E-state index is -9.41. The Bertz CT molecular complexity index is 569. The van der Waals surface area contributed by atoms with Gasteiger partial charge < -0.3 is 0 Å². The van der Waals surface area contributed by atoms with Crippen LogP contribution in [-0.2, 0) is 0 Å². The fourth-order valence-corrected chi connectivity index (χ4v) is 6.17. The van der Waals surface area contributed by atoms with E-state index in [0.717, 1.165) is 62.9 Å². The molecule has 0 N–H and O–H groups in total. The molecule has 0 saturated carbocycles. The Morgan fingerprint density at radius 1 is 0.382 bits per heavy atom. The fraction of sp³-hybridized carbons (Fsp3) is 0.800. The molecule has 0 saturated heterocycles. The van der Waals surface area contributed by atoms with E-state index in [2.05, 4.69) is 0 Å². The van der Waals surface area contributed by atoms with Gasteiger partial charge in [0.1, 0.15) is 0 Å². The van der Waals surface area contributed by atoms with Crippen LogP contribution in [0.25, 0.3) is 0 Å². The third-order valence-electron chi connectivity index (χ3n) is 4.49. The molecule has 0 unspecified atom stereocenters. The summed E-state index contributed by atoms with van der Waals surface area (Å²) in [6.45, 7) is 0. The number of rotatable bonds is 21. The summed E-state index contributed by atoms with van der Waals surface area (Å²) in [7, 11) is -15.2. The van der Waals surface area contributed by atoms with Crippen LogP contribution in [0, 0.1) is 0 Å². The van der Waals surface area contributed by atoms with Crippen molar-refractivity contribution in [1.82, 2.24) is 0 Å². The van der Waals surface area contributed by atoms with Gasteiger partial charge in [0.15, 0.2) is 0 Å². The number of allylic oxidation sites excluding steroid dienone is 2. The summed E-state index contributed by atoms with van der Waals surface area (Å²) in [4.78, 5) is 0. The van der Waals surface area contributed by atoms with Crippen LogP contribution in [-0.4, -0.2) is 11.5 Å². The SMILES string of the molecule is FS(F)(F)(F)(F)/C=C/CCCCCCCCSSCCCCCCCC/C=C/S(F)(F)(F)(F)F. The van der Waals surface area contributed by atoms with Crippen molar-refractivity contribution in [3.63, 3.8) is 0 Å². The molecule has 0 fully saturated rings. The maximum absolute atomic E-state index is 12.1. The molecule has 0 amide bonds. The molecule has 0 rings (SSSR count). The summed E-state index contributed by atoms with van der Waals surface area (Å²) in [5.74, 6) is 2.01. The number of unbranched alkanes of at least 4 members (excludes halogenated alkanes) is 12. The van der Waals surface area contributed by atoms with Gasteiger partial charge in [-0.05, 0) is 38.5 Å². The summed E-state index contributed by atoms with van der Waals surface area (Å²) in [6.07, 6.45) is 11.2. The first-order valence-electron chi connectivity index (χ1n) is 11.2. The van der Waals surface area contributed by atoms with E-state index in [4.69, 9.17) is 0 Å². The van der Waals surface area contributed by atoms with Gasteiger partial charge in [-0.15, -0.1) is 0 Å². The molecule has 210 valence electrons. The van der Waals surface area contributed by atoms with Crippen LogP contribution < -0.4 is 0 Å². The lowest BCUT2D eigenvalue weighted by molar-refractivity contribution is 0.380. The van der Waals surface area contributed by atoms with E-state index in [9.17, 15) is 38.9 Å². The molecule has 0 aromatic heterocycles. The second kappa shape index (κ2) is 12.6. The minimum Gasteiger partial charge on any atom is -0.0942 e. The molecular formula is C20H36F10S4. The van der Waals surface area contributed by atoms with E-state index in [1.54, 1.807) is 21.6 Å². The van der Waals surface area contributed by atoms with E-state index >= 15 is 0 Å². The molecule has 0 aliphatic heterocycles. The Balaban J connectivity index is 3.35. The number of halogens is 10. The lowest BCUT2D eigenvalue weighted by atomic mass is 10.1. The summed E-state index contributed by atoms with van der Waals surface area (Å²) in [5.41, 5.74) is 0. The molecule has 0 aliphatic rings. The summed E-state index contributed by atoms with van der Waals surface area (Å²) < 4.78 is 121. The van der Waals surface area contributed by atoms with E-state index in [1.807, 2.05) is 0 Å². The third kappa shape index (κ3) is 32.2. The van der Waals surface area contributed by atoms with Crippen LogP contribution in [0.5, 0.6) is 0 Å². The Labute approximate surface area is 205 Å². The molecule has 0 spiro atoms. The normalized spacial score (nSPS) is 17.6. The maximum atomic E-state index is 12.1. The molecule has 0 aromatic rings. The monoisotopic (exact) mass is 594 g/mol. The Morgan fingerprint density at radius 3 is 0.941 bits per heavy atom. The standard InChI is InChI=1S/C20H36F10S4/c21-33(22,23,24,25)19-15-11-7-3-1-5-9-13-17-31-32-18-14-10-6-2-4-8-12-16-20-34(26,27,28,29)30/h15-16,19-20H,1-14,17-18H2/b19-15+,20-16+. The van der Waals surface area contributed by atoms with Crippen molar-refractivity contribution in [3.05, 3.63) is 23.0 Å². The van der Waals surface area contributed by atoms with Crippen molar-refractivity contribution in [1.29, 1.82) is 0 Å². The predicted molar refractivity (Wildman–Crippen MR) is 134 cm³/mol. The third-order valence-corrected chi connectivity index (χ3v) is 8.48. The van der Waals surface area contributed by atoms with Crippen LogP contribution in [0.4, 0.5) is 38.9 Å². The molecule has 0 aromatic carbocycles. The largest absolute Gasteiger partial charge is 0.304 e. The van der Waals surface area contributed by atoms with Crippen molar-refractivity contribution in [2.45, 2.75) is 89.9 Å². The van der Waals surface area contributed by atoms with Gasteiger partial charge in [-0.3, -0.25) is 0 Å². The highest BCUT2D eigenvalue weighted by atomic mass is 33.1. The highest BCUT2D eigenvalue weighted by Gasteiger charge is 2.61. The summed E-state index contributed by atoms with van der Waals surface area (Å²) in [5, 5.41) is -1.74. The number of hydrogen-bond donors (Lipinski definition) is 0. The highest BCUT2D eigenvalue weighted by Crippen LogP contribution is 2.99. The summed E-state index contributed by atoms with van der Waals surface area (Å²) in [6, 6.07) is 0. The minimum absolute atomic E-state index is 0.000217. The first kappa shape index (κ1) is 34.2. The first-order chi connectivity index (χ1) is 15.2. The van der Waals surface area contributed by atoms with E-state index in [0.29, 0.717) is 37.8 Å². The maximum Gasteiger partial charge on any atom is 0.304 e. The molecule has 14 heteroatoms. The predicted octanol–water partition coefficient (Wildman–Crippen LogP) is 13.5. The summed E-state index contributed by atoms with van der Waals surface area (Å²) >= 11 is 0. The van der Waals surface area contributed by atoms with Gasteiger partial charge in [-0.1, -0.05) is 124 Å². The lowest BCUT2D eigenvalue weighted by Crippen LogP contribution is -1.98. The molecule has 0 bridgehead atoms. The van der Waals surface area contributed by atoms with Gasteiger partial charge >= 0.3 is 20.4 Å². The Hall–Kier alpha value is 0.180. The molecule has 0 radical (unpaired) electrons. The highest BCUT2D eigenvalue weighted by molar-refractivity contribution is 8.76. The van der Waals surface area contributed by atoms with E-state index < -0.39 is 31.3 Å². The molecule has 0 heterocycles. The molecule has 0 aliphatic carbocycles. The smallest absolute Gasteiger partial charge is 0.0942 e. The van der Waals surface area contributed by atoms with Gasteiger partial charge in [-0.25, -0.2) is 0 Å². The van der Waals surface area contributed by atoms with Crippen molar-refractivity contribution in [3.8, 4) is 0 Å². The zero-order valence-corrected chi connectivity index (χ0v) is 22.3. The van der Waals surface area contributed by atoms with Crippen LogP contribution in [0.1, 0.15) is 89.9 Å². The molecular weight excluding hydrogens is 558 g/mol.